The molecule has 0 bridgehead atoms. The number of hydrogen-bond acceptors (Lipinski definition) is 2. The summed E-state index contributed by atoms with van der Waals surface area (Å²) < 4.78 is 7.95. The first-order chi connectivity index (χ1) is 45.0. The maximum atomic E-state index is 10.00. The van der Waals surface area contributed by atoms with Gasteiger partial charge in [-0.15, -0.1) is 0 Å². The van der Waals surface area contributed by atoms with Crippen LogP contribution >= 0.6 is 0 Å². The van der Waals surface area contributed by atoms with Gasteiger partial charge in [0.1, 0.15) is 0 Å². The molecule has 0 spiro atoms. The van der Waals surface area contributed by atoms with E-state index in [1.54, 1.807) is 0 Å². The molecule has 428 valence electrons. The zero-order valence-corrected chi connectivity index (χ0v) is 51.7. The van der Waals surface area contributed by atoms with Gasteiger partial charge in [-0.2, -0.15) is 5.26 Å². The van der Waals surface area contributed by atoms with Crippen LogP contribution in [0.4, 0.5) is 17.1 Å². The van der Waals surface area contributed by atoms with Crippen molar-refractivity contribution in [3.63, 3.8) is 0 Å². The summed E-state index contributed by atoms with van der Waals surface area (Å²) in [7, 11) is 0. The number of para-hydroxylation sites is 5. The highest BCUT2D eigenvalue weighted by atomic mass is 15.2. The van der Waals surface area contributed by atoms with Crippen LogP contribution in [0.1, 0.15) is 56.9 Å². The number of fused-ring (bicyclic) bond motifs is 24. The molecule has 7 heteroatoms. The molecule has 0 N–H and O–H groups in total. The van der Waals surface area contributed by atoms with Gasteiger partial charge >= 0.3 is 13.7 Å². The quantitative estimate of drug-likeness (QED) is 0.130. The molecule has 0 amide bonds. The number of nitrogens with zero attached hydrogens (tertiary/aromatic N) is 5. The molecular formula is C85H57B2N5. The first kappa shape index (κ1) is 50.8. The van der Waals surface area contributed by atoms with Gasteiger partial charge in [0.15, 0.2) is 0 Å². The first-order valence-corrected chi connectivity index (χ1v) is 32.6. The fraction of sp³-hybridized carbons (Fsp3) is 0.0941. The minimum atomic E-state index is -0.270. The Labute approximate surface area is 532 Å². The van der Waals surface area contributed by atoms with Crippen LogP contribution in [0.25, 0.3) is 136 Å². The maximum absolute atomic E-state index is 10.00. The Balaban J connectivity index is 0.728. The van der Waals surface area contributed by atoms with Gasteiger partial charge in [0.25, 0.3) is 0 Å². The Morgan fingerprint density at radius 3 is 1.55 bits per heavy atom. The monoisotopic (exact) mass is 1170 g/mol. The van der Waals surface area contributed by atoms with Gasteiger partial charge in [-0.3, -0.25) is 0 Å². The van der Waals surface area contributed by atoms with Crippen LogP contribution in [-0.4, -0.2) is 27.2 Å². The lowest BCUT2D eigenvalue weighted by molar-refractivity contribution is 0.517. The van der Waals surface area contributed by atoms with Crippen LogP contribution in [0.15, 0.2) is 243 Å². The highest BCUT2D eigenvalue weighted by molar-refractivity contribution is 6.92. The average molecular weight is 1170 g/mol. The van der Waals surface area contributed by atoms with E-state index in [9.17, 15) is 5.26 Å². The van der Waals surface area contributed by atoms with Crippen molar-refractivity contribution in [2.75, 3.05) is 4.90 Å². The second kappa shape index (κ2) is 17.5. The zero-order valence-electron chi connectivity index (χ0n) is 51.7. The summed E-state index contributed by atoms with van der Waals surface area (Å²) in [6.45, 7) is 11.9. The Kier molecular flexibility index (Phi) is 9.63. The Morgan fingerprint density at radius 1 is 0.359 bits per heavy atom. The lowest BCUT2D eigenvalue weighted by atomic mass is 9.44. The first-order valence-electron chi connectivity index (χ1n) is 32.6. The van der Waals surface area contributed by atoms with E-state index in [-0.39, 0.29) is 24.5 Å². The predicted octanol–water partition coefficient (Wildman–Crippen LogP) is 18.7. The smallest absolute Gasteiger partial charge is 0.333 e. The molecule has 0 fully saturated rings. The van der Waals surface area contributed by atoms with Crippen molar-refractivity contribution >= 4 is 161 Å². The largest absolute Gasteiger partial charge is 0.375 e. The fourth-order valence-corrected chi connectivity index (χ4v) is 17.9. The molecule has 0 unspecified atom stereocenters. The lowest BCUT2D eigenvalue weighted by Gasteiger charge is -2.41. The summed E-state index contributed by atoms with van der Waals surface area (Å²) in [5, 5.41) is 27.4. The third-order valence-electron chi connectivity index (χ3n) is 22.0. The normalized spacial score (nSPS) is 13.7. The molecule has 0 atom stereocenters. The summed E-state index contributed by atoms with van der Waals surface area (Å²) >= 11 is 0. The molecule has 0 saturated carbocycles. The summed E-state index contributed by atoms with van der Waals surface area (Å²) in [5.41, 5.74) is 27.3. The van der Waals surface area contributed by atoms with Gasteiger partial charge in [-0.25, -0.2) is 0 Å². The van der Waals surface area contributed by atoms with Crippen LogP contribution in [0.3, 0.4) is 0 Å². The third-order valence-corrected chi connectivity index (χ3v) is 22.0. The van der Waals surface area contributed by atoms with E-state index < -0.39 is 0 Å². The summed E-state index contributed by atoms with van der Waals surface area (Å²) in [6.07, 6.45) is 0.852. The Hall–Kier alpha value is -11.1. The number of anilines is 3. The van der Waals surface area contributed by atoms with E-state index in [1.807, 2.05) is 12.1 Å². The van der Waals surface area contributed by atoms with Gasteiger partial charge in [0.05, 0.1) is 22.7 Å². The van der Waals surface area contributed by atoms with Gasteiger partial charge in [0.2, 0.25) is 0 Å². The van der Waals surface area contributed by atoms with Crippen molar-refractivity contribution < 1.29 is 0 Å². The van der Waals surface area contributed by atoms with E-state index >= 15 is 0 Å². The average Bonchev–Trinajstić information content (AvgIpc) is 1.40. The molecule has 5 nitrogen and oxygen atoms in total. The van der Waals surface area contributed by atoms with Gasteiger partial charge in [0, 0.05) is 88.3 Å². The molecule has 0 radical (unpaired) electrons. The minimum Gasteiger partial charge on any atom is -0.375 e. The van der Waals surface area contributed by atoms with E-state index in [2.05, 4.69) is 290 Å². The van der Waals surface area contributed by atoms with Crippen LogP contribution in [0, 0.1) is 11.3 Å². The third kappa shape index (κ3) is 6.48. The highest BCUT2D eigenvalue weighted by Crippen LogP contribution is 2.50. The summed E-state index contributed by atoms with van der Waals surface area (Å²) in [5.74, 6) is 0. The molecule has 17 aromatic rings. The highest BCUT2D eigenvalue weighted by Gasteiger charge is 2.45. The lowest BCUT2D eigenvalue weighted by Crippen LogP contribution is -2.57. The molecule has 3 aromatic heterocycles. The molecule has 7 heterocycles. The summed E-state index contributed by atoms with van der Waals surface area (Å²) in [6, 6.07) is 95.2. The SMILES string of the molecule is CC(C)(C)c1cc(N2c3cccc4c3B(c3c2ccc2cc5cc(C#N)ccc5cc32)n2c3ccccc3c3cccc-4c32)cc(C(C)(C)Cc2ccc3cc4c5c(ccc4cc3c2)-n2c3ccccc3c3ccc4c(c32)B5n2c3ccccc3c3cccc-4c32)c1. The van der Waals surface area contributed by atoms with E-state index in [0.717, 1.165) is 17.2 Å². The minimum absolute atomic E-state index is 0.0262. The number of aromatic nitrogens is 3. The standard InChI is InChI=1S/C85H57B2N5/c1-84(2,3)56-43-57(45-58(44-56)89-74-26-14-18-62-66-21-12-19-64-60-16-7-10-24-72(60)91(81(64)66)86(77(62)74)78-69-42-51-30-28-49(47-88)38-55(51)40-52(69)31-35-75(78)89)85(4,5)46-48-27-29-50-41-70-53(39-54(50)37-48)32-36-76-79(70)87-80-63(33-34-68-59-15-6-9-23-71(59)90(76)83(68)80)67-22-13-20-65-61-17-8-11-25-73(61)92(87)82(65)67/h6-45H,46H2,1-5H3. The molecule has 0 saturated heterocycles. The second-order valence-corrected chi connectivity index (χ2v) is 28.4. The number of hydrogen-bond donors (Lipinski definition) is 0. The van der Waals surface area contributed by atoms with Crippen molar-refractivity contribution in [3.05, 3.63) is 265 Å². The van der Waals surface area contributed by atoms with Crippen LogP contribution in [-0.2, 0) is 17.3 Å². The van der Waals surface area contributed by atoms with E-state index in [4.69, 9.17) is 0 Å². The maximum Gasteiger partial charge on any atom is 0.333 e. The Bertz CT molecular complexity index is 6360. The van der Waals surface area contributed by atoms with Crippen LogP contribution in [0.5, 0.6) is 0 Å². The number of benzene rings is 14. The van der Waals surface area contributed by atoms with Gasteiger partial charge < -0.3 is 18.4 Å². The van der Waals surface area contributed by atoms with Crippen molar-refractivity contribution in [3.8, 4) is 34.0 Å². The number of nitriles is 1. The molecule has 21 rings (SSSR count). The van der Waals surface area contributed by atoms with Crippen molar-refractivity contribution in [1.29, 1.82) is 5.26 Å². The zero-order chi connectivity index (χ0) is 60.9. The molecule has 4 aliphatic rings. The molecule has 14 aromatic carbocycles. The topological polar surface area (TPSA) is 41.8 Å². The second-order valence-electron chi connectivity index (χ2n) is 28.4. The fourth-order valence-electron chi connectivity index (χ4n) is 17.9. The molecular weight excluding hydrogens is 1110 g/mol. The molecule has 0 aliphatic carbocycles. The van der Waals surface area contributed by atoms with Crippen molar-refractivity contribution in [2.45, 2.75) is 51.9 Å². The van der Waals surface area contributed by atoms with Crippen LogP contribution < -0.4 is 26.8 Å². The van der Waals surface area contributed by atoms with E-state index in [0.29, 0.717) is 5.56 Å². The van der Waals surface area contributed by atoms with Crippen LogP contribution in [0.2, 0.25) is 0 Å². The van der Waals surface area contributed by atoms with Gasteiger partial charge in [-0.1, -0.05) is 192 Å². The summed E-state index contributed by atoms with van der Waals surface area (Å²) in [4.78, 5) is 2.60. The van der Waals surface area contributed by atoms with Crippen molar-refractivity contribution in [1.82, 2.24) is 13.5 Å². The van der Waals surface area contributed by atoms with E-state index in [1.165, 1.54) is 181 Å². The Morgan fingerprint density at radius 2 is 0.880 bits per heavy atom. The predicted molar refractivity (Wildman–Crippen MR) is 390 cm³/mol. The van der Waals surface area contributed by atoms with Crippen molar-refractivity contribution in [2.24, 2.45) is 0 Å². The molecule has 92 heavy (non-hydrogen) atoms. The molecule has 4 aliphatic heterocycles. The number of rotatable bonds is 4. The van der Waals surface area contributed by atoms with Gasteiger partial charge in [-0.05, 0) is 195 Å².